The van der Waals surface area contributed by atoms with Crippen LogP contribution in [0.5, 0.6) is 0 Å². The maximum Gasteiger partial charge on any atom is 0.326 e. The Morgan fingerprint density at radius 1 is 1.11 bits per heavy atom. The topological polar surface area (TPSA) is 125 Å². The molecule has 2 unspecified atom stereocenters. The zero-order valence-electron chi connectivity index (χ0n) is 21.0. The molecule has 5 N–H and O–H groups in total. The predicted octanol–water partition coefficient (Wildman–Crippen LogP) is 3.10. The van der Waals surface area contributed by atoms with Crippen molar-refractivity contribution in [3.8, 4) is 0 Å². The lowest BCUT2D eigenvalue weighted by Gasteiger charge is -2.24. The minimum atomic E-state index is -1.30. The van der Waals surface area contributed by atoms with Crippen LogP contribution in [0.25, 0.3) is 0 Å². The van der Waals surface area contributed by atoms with E-state index >= 15 is 0 Å². The number of carboxylic acid groups (broad SMARTS) is 1. The van der Waals surface area contributed by atoms with Gasteiger partial charge in [-0.05, 0) is 41.7 Å². The number of hydrogen-bond acceptors (Lipinski definition) is 6. The van der Waals surface area contributed by atoms with Crippen LogP contribution in [-0.2, 0) is 27.3 Å². The van der Waals surface area contributed by atoms with E-state index in [1.165, 1.54) is 16.7 Å². The van der Waals surface area contributed by atoms with E-state index in [-0.39, 0.29) is 42.7 Å². The summed E-state index contributed by atoms with van der Waals surface area (Å²) in [4.78, 5) is 38.5. The van der Waals surface area contributed by atoms with Gasteiger partial charge in [-0.15, -0.1) is 11.8 Å². The fourth-order valence-corrected chi connectivity index (χ4v) is 5.21. The molecule has 1 heterocycles. The predicted molar refractivity (Wildman–Crippen MR) is 139 cm³/mol. The fraction of sp³-hybridized carbons (Fsp3) is 0.423. The van der Waals surface area contributed by atoms with Gasteiger partial charge in [-0.3, -0.25) is 9.59 Å². The molecule has 0 saturated carbocycles. The van der Waals surface area contributed by atoms with Gasteiger partial charge in [0, 0.05) is 43.1 Å². The second-order valence-electron chi connectivity index (χ2n) is 9.46. The number of halogens is 3. The third-order valence-corrected chi connectivity index (χ3v) is 7.32. The quantitative estimate of drug-likeness (QED) is 0.316. The van der Waals surface area contributed by atoms with Gasteiger partial charge in [0.15, 0.2) is 17.0 Å². The summed E-state index contributed by atoms with van der Waals surface area (Å²) in [6.45, 7) is 4.17. The number of amides is 2. The van der Waals surface area contributed by atoms with E-state index in [1.54, 1.807) is 24.3 Å². The van der Waals surface area contributed by atoms with Crippen LogP contribution in [0.3, 0.4) is 0 Å². The van der Waals surface area contributed by atoms with Crippen molar-refractivity contribution in [1.82, 2.24) is 10.2 Å². The Morgan fingerprint density at radius 2 is 1.76 bits per heavy atom. The van der Waals surface area contributed by atoms with E-state index in [9.17, 15) is 32.7 Å². The Kier molecular flexibility index (Phi) is 10.0. The summed E-state index contributed by atoms with van der Waals surface area (Å²) in [7, 11) is 0. The van der Waals surface area contributed by atoms with Crippen LogP contribution in [0.2, 0.25) is 0 Å². The van der Waals surface area contributed by atoms with Gasteiger partial charge >= 0.3 is 5.97 Å². The van der Waals surface area contributed by atoms with Crippen LogP contribution in [0.4, 0.5) is 18.9 Å². The number of hydrogen-bond donors (Lipinski definition) is 4. The molecule has 0 aromatic heterocycles. The highest BCUT2D eigenvalue weighted by Gasteiger charge is 2.35. The van der Waals surface area contributed by atoms with Gasteiger partial charge in [-0.2, -0.15) is 0 Å². The van der Waals surface area contributed by atoms with Crippen molar-refractivity contribution in [2.45, 2.75) is 50.7 Å². The van der Waals surface area contributed by atoms with Crippen LogP contribution in [0.15, 0.2) is 36.4 Å². The highest BCUT2D eigenvalue weighted by molar-refractivity contribution is 8.00. The lowest BCUT2D eigenvalue weighted by atomic mass is 10.0. The molecule has 0 spiro atoms. The van der Waals surface area contributed by atoms with Crippen molar-refractivity contribution in [1.29, 1.82) is 0 Å². The average Bonchev–Trinajstić information content (AvgIpc) is 3.35. The van der Waals surface area contributed by atoms with E-state index in [2.05, 4.69) is 10.6 Å². The third kappa shape index (κ3) is 7.64. The molecule has 2 aromatic carbocycles. The summed E-state index contributed by atoms with van der Waals surface area (Å²) in [5, 5.41) is 14.4. The third-order valence-electron chi connectivity index (χ3n) is 6.12. The molecule has 8 nitrogen and oxygen atoms in total. The SMILES string of the molecule is CC(C)C(Nc1ccc(CNC(=O)C2SCCN2C(=O)C[C@H](N)Cc2cc(F)c(F)cc2F)cc1)C(=O)O. The van der Waals surface area contributed by atoms with Crippen LogP contribution in [0, 0.1) is 23.4 Å². The molecular formula is C26H31F3N4O4S. The van der Waals surface area contributed by atoms with Gasteiger partial charge < -0.3 is 26.4 Å². The van der Waals surface area contributed by atoms with Gasteiger partial charge in [-0.25, -0.2) is 18.0 Å². The van der Waals surface area contributed by atoms with Crippen molar-refractivity contribution in [3.05, 3.63) is 65.0 Å². The van der Waals surface area contributed by atoms with Crippen molar-refractivity contribution < 1.29 is 32.7 Å². The summed E-state index contributed by atoms with van der Waals surface area (Å²) < 4.78 is 40.5. The highest BCUT2D eigenvalue weighted by atomic mass is 32.2. The number of benzene rings is 2. The van der Waals surface area contributed by atoms with Crippen LogP contribution in [0.1, 0.15) is 31.4 Å². The number of rotatable bonds is 11. The lowest BCUT2D eigenvalue weighted by molar-refractivity contribution is -0.138. The zero-order valence-corrected chi connectivity index (χ0v) is 21.9. The summed E-state index contributed by atoms with van der Waals surface area (Å²) in [6.07, 6.45) is -0.354. The van der Waals surface area contributed by atoms with Crippen LogP contribution in [-0.4, -0.2) is 57.5 Å². The first-order valence-corrected chi connectivity index (χ1v) is 13.2. The fourth-order valence-electron chi connectivity index (χ4n) is 4.05. The Hall–Kier alpha value is -3.25. The van der Waals surface area contributed by atoms with Gasteiger partial charge in [0.1, 0.15) is 11.9 Å². The lowest BCUT2D eigenvalue weighted by Crippen LogP contribution is -2.46. The Balaban J connectivity index is 1.52. The molecule has 1 fully saturated rings. The number of carboxylic acids is 1. The van der Waals surface area contributed by atoms with E-state index in [1.807, 2.05) is 13.8 Å². The minimum Gasteiger partial charge on any atom is -0.480 e. The molecule has 0 bridgehead atoms. The van der Waals surface area contributed by atoms with Crippen molar-refractivity contribution in [2.75, 3.05) is 17.6 Å². The average molecular weight is 553 g/mol. The van der Waals surface area contributed by atoms with E-state index in [0.29, 0.717) is 24.1 Å². The molecule has 1 aliphatic heterocycles. The molecule has 2 aromatic rings. The molecule has 1 saturated heterocycles. The number of nitrogens with one attached hydrogen (secondary N) is 2. The first-order chi connectivity index (χ1) is 18.0. The maximum absolute atomic E-state index is 13.9. The molecular weight excluding hydrogens is 521 g/mol. The molecule has 0 radical (unpaired) electrons. The molecule has 3 atom stereocenters. The maximum atomic E-state index is 13.9. The normalized spacial score (nSPS) is 16.8. The summed E-state index contributed by atoms with van der Waals surface area (Å²) in [5.74, 6) is -4.68. The minimum absolute atomic E-state index is 0.109. The van der Waals surface area contributed by atoms with E-state index in [4.69, 9.17) is 5.73 Å². The zero-order chi connectivity index (χ0) is 28.0. The van der Waals surface area contributed by atoms with Gasteiger partial charge in [0.05, 0.1) is 0 Å². The largest absolute Gasteiger partial charge is 0.480 e. The van der Waals surface area contributed by atoms with Crippen LogP contribution >= 0.6 is 11.8 Å². The Morgan fingerprint density at radius 3 is 2.39 bits per heavy atom. The van der Waals surface area contributed by atoms with E-state index < -0.39 is 40.9 Å². The number of anilines is 1. The van der Waals surface area contributed by atoms with E-state index in [0.717, 1.165) is 11.6 Å². The monoisotopic (exact) mass is 552 g/mol. The van der Waals surface area contributed by atoms with Crippen LogP contribution < -0.4 is 16.4 Å². The molecule has 12 heteroatoms. The van der Waals surface area contributed by atoms with Gasteiger partial charge in [-0.1, -0.05) is 26.0 Å². The van der Waals surface area contributed by atoms with Crippen molar-refractivity contribution in [3.63, 3.8) is 0 Å². The molecule has 1 aliphatic rings. The molecule has 206 valence electrons. The standard InChI is InChI=1S/C26H31F3N4O4S/c1-14(2)23(26(36)37)32-18-5-3-15(4-6-18)13-31-24(35)25-33(7-8-38-25)22(34)11-17(30)9-16-10-20(28)21(29)12-19(16)27/h3-6,10,12,14,17,23,25,32H,7-9,11,13,30H2,1-2H3,(H,31,35)(H,36,37)/t17-,23?,25?/m1/s1. The first kappa shape index (κ1) is 29.3. The summed E-state index contributed by atoms with van der Waals surface area (Å²) in [6, 6.07) is 6.60. The molecule has 3 rings (SSSR count). The summed E-state index contributed by atoms with van der Waals surface area (Å²) in [5.41, 5.74) is 7.29. The number of nitrogens with two attached hydrogens (primary N) is 1. The smallest absolute Gasteiger partial charge is 0.326 e. The second-order valence-corrected chi connectivity index (χ2v) is 10.6. The van der Waals surface area contributed by atoms with Crippen molar-refractivity contribution >= 4 is 35.2 Å². The number of aliphatic carboxylic acids is 1. The van der Waals surface area contributed by atoms with Crippen molar-refractivity contribution in [2.24, 2.45) is 11.7 Å². The Bertz CT molecular complexity index is 1170. The van der Waals surface area contributed by atoms with Gasteiger partial charge in [0.25, 0.3) is 5.91 Å². The number of thioether (sulfide) groups is 1. The molecule has 38 heavy (non-hydrogen) atoms. The summed E-state index contributed by atoms with van der Waals surface area (Å²) >= 11 is 1.31. The number of nitrogens with zero attached hydrogens (tertiary/aromatic N) is 1. The highest BCUT2D eigenvalue weighted by Crippen LogP contribution is 2.25. The first-order valence-electron chi connectivity index (χ1n) is 12.1. The molecule has 2 amide bonds. The molecule has 0 aliphatic carbocycles. The second kappa shape index (κ2) is 13.0. The Labute approximate surface area is 223 Å². The number of carbonyl (C=O) groups is 3. The number of carbonyl (C=O) groups excluding carboxylic acids is 2. The van der Waals surface area contributed by atoms with Gasteiger partial charge in [0.2, 0.25) is 5.91 Å².